The van der Waals surface area contributed by atoms with E-state index in [0.717, 1.165) is 5.56 Å². The number of carboxylic acids is 1. The average molecular weight is 352 g/mol. The number of ether oxygens (including phenoxy) is 3. The van der Waals surface area contributed by atoms with Crippen LogP contribution in [-0.2, 0) is 11.3 Å². The van der Waals surface area contributed by atoms with Crippen molar-refractivity contribution in [2.75, 3.05) is 34.4 Å². The first-order valence-corrected chi connectivity index (χ1v) is 7.89. The van der Waals surface area contributed by atoms with Crippen molar-refractivity contribution in [2.24, 2.45) is 5.41 Å². The van der Waals surface area contributed by atoms with Gasteiger partial charge < -0.3 is 29.5 Å². The largest absolute Gasteiger partial charge is 0.496 e. The van der Waals surface area contributed by atoms with Crippen LogP contribution in [0.5, 0.6) is 17.2 Å². The number of urea groups is 1. The van der Waals surface area contributed by atoms with Crippen LogP contribution in [0.4, 0.5) is 4.79 Å². The molecule has 2 amide bonds. The SMILES string of the molecule is COc1cc(OC)c(OC)cc1CNC(=O)N1CCC(C)(C(=O)O)C1. The number of nitrogens with zero attached hydrogens (tertiary/aromatic N) is 1. The molecule has 1 unspecified atom stereocenters. The van der Waals surface area contributed by atoms with Gasteiger partial charge in [-0.15, -0.1) is 0 Å². The molecule has 0 radical (unpaired) electrons. The molecule has 8 heteroatoms. The summed E-state index contributed by atoms with van der Waals surface area (Å²) in [6.45, 7) is 2.48. The van der Waals surface area contributed by atoms with Gasteiger partial charge in [-0.25, -0.2) is 4.79 Å². The number of methoxy groups -OCH3 is 3. The topological polar surface area (TPSA) is 97.3 Å². The number of hydrogen-bond donors (Lipinski definition) is 2. The van der Waals surface area contributed by atoms with Crippen LogP contribution in [0.1, 0.15) is 18.9 Å². The Morgan fingerprint density at radius 2 is 1.76 bits per heavy atom. The third kappa shape index (κ3) is 3.89. The Bertz CT molecular complexity index is 663. The second kappa shape index (κ2) is 7.50. The van der Waals surface area contributed by atoms with Crippen LogP contribution in [0.25, 0.3) is 0 Å². The van der Waals surface area contributed by atoms with Crippen LogP contribution in [0.3, 0.4) is 0 Å². The lowest BCUT2D eigenvalue weighted by molar-refractivity contribution is -0.147. The van der Waals surface area contributed by atoms with E-state index in [1.807, 2.05) is 0 Å². The number of likely N-dealkylation sites (tertiary alicyclic amines) is 1. The van der Waals surface area contributed by atoms with Crippen LogP contribution < -0.4 is 19.5 Å². The number of carboxylic acid groups (broad SMARTS) is 1. The first-order valence-electron chi connectivity index (χ1n) is 7.89. The third-order valence-electron chi connectivity index (χ3n) is 4.49. The fourth-order valence-electron chi connectivity index (χ4n) is 2.82. The molecule has 1 aromatic carbocycles. The lowest BCUT2D eigenvalue weighted by Gasteiger charge is -2.21. The molecule has 8 nitrogen and oxygen atoms in total. The van der Waals surface area contributed by atoms with E-state index in [1.54, 1.807) is 19.1 Å². The van der Waals surface area contributed by atoms with E-state index in [1.165, 1.54) is 26.2 Å². The maximum Gasteiger partial charge on any atom is 0.317 e. The third-order valence-corrected chi connectivity index (χ3v) is 4.49. The van der Waals surface area contributed by atoms with Crippen LogP contribution in [0.15, 0.2) is 12.1 Å². The van der Waals surface area contributed by atoms with Crippen LogP contribution in [0, 0.1) is 5.41 Å². The minimum absolute atomic E-state index is 0.192. The molecule has 138 valence electrons. The summed E-state index contributed by atoms with van der Waals surface area (Å²) in [5.74, 6) is 0.748. The Labute approximate surface area is 146 Å². The van der Waals surface area contributed by atoms with Gasteiger partial charge in [0.05, 0.1) is 26.7 Å². The van der Waals surface area contributed by atoms with E-state index >= 15 is 0 Å². The summed E-state index contributed by atoms with van der Waals surface area (Å²) in [5.41, 5.74) is -0.160. The fourth-order valence-corrected chi connectivity index (χ4v) is 2.82. The highest BCUT2D eigenvalue weighted by Crippen LogP contribution is 2.35. The molecule has 2 N–H and O–H groups in total. The molecule has 0 aliphatic carbocycles. The van der Waals surface area contributed by atoms with Crippen molar-refractivity contribution < 1.29 is 28.9 Å². The molecular formula is C17H24N2O6. The quantitative estimate of drug-likeness (QED) is 0.809. The van der Waals surface area contributed by atoms with Gasteiger partial charge in [-0.3, -0.25) is 4.79 Å². The van der Waals surface area contributed by atoms with Crippen molar-refractivity contribution in [3.63, 3.8) is 0 Å². The summed E-state index contributed by atoms with van der Waals surface area (Å²) >= 11 is 0. The first-order chi connectivity index (χ1) is 11.8. The standard InChI is InChI=1S/C17H24N2O6/c1-17(15(20)21)5-6-19(10-17)16(22)18-9-11-7-13(24-3)14(25-4)8-12(11)23-2/h7-8H,5-6,9-10H2,1-4H3,(H,18,22)(H,20,21). The highest BCUT2D eigenvalue weighted by atomic mass is 16.5. The van der Waals surface area contributed by atoms with E-state index in [-0.39, 0.29) is 19.1 Å². The minimum atomic E-state index is -0.891. The second-order valence-electron chi connectivity index (χ2n) is 6.22. The molecule has 0 saturated carbocycles. The summed E-state index contributed by atoms with van der Waals surface area (Å²) in [7, 11) is 4.60. The zero-order valence-corrected chi connectivity index (χ0v) is 14.9. The molecule has 2 rings (SSSR count). The second-order valence-corrected chi connectivity index (χ2v) is 6.22. The maximum atomic E-state index is 12.3. The zero-order chi connectivity index (χ0) is 18.6. The van der Waals surface area contributed by atoms with Gasteiger partial charge in [0.1, 0.15) is 5.75 Å². The number of rotatable bonds is 6. The van der Waals surface area contributed by atoms with Gasteiger partial charge in [0.2, 0.25) is 0 Å². The van der Waals surface area contributed by atoms with Gasteiger partial charge in [-0.05, 0) is 19.4 Å². The first kappa shape index (κ1) is 18.7. The number of hydrogen-bond acceptors (Lipinski definition) is 5. The Hall–Kier alpha value is -2.64. The number of benzene rings is 1. The maximum absolute atomic E-state index is 12.3. The molecule has 1 aromatic rings. The molecular weight excluding hydrogens is 328 g/mol. The molecule has 1 aliphatic rings. The van der Waals surface area contributed by atoms with Crippen LogP contribution >= 0.6 is 0 Å². The fraction of sp³-hybridized carbons (Fsp3) is 0.529. The van der Waals surface area contributed by atoms with Gasteiger partial charge in [-0.2, -0.15) is 0 Å². The van der Waals surface area contributed by atoms with Gasteiger partial charge in [0.15, 0.2) is 11.5 Å². The van der Waals surface area contributed by atoms with Crippen molar-refractivity contribution in [1.29, 1.82) is 0 Å². The molecule has 1 heterocycles. The van der Waals surface area contributed by atoms with Crippen LogP contribution in [-0.4, -0.2) is 56.4 Å². The number of carbonyl (C=O) groups excluding carboxylic acids is 1. The van der Waals surface area contributed by atoms with Gasteiger partial charge in [0, 0.05) is 31.3 Å². The van der Waals surface area contributed by atoms with E-state index in [4.69, 9.17) is 14.2 Å². The van der Waals surface area contributed by atoms with Crippen molar-refractivity contribution >= 4 is 12.0 Å². The van der Waals surface area contributed by atoms with E-state index < -0.39 is 11.4 Å². The summed E-state index contributed by atoms with van der Waals surface area (Å²) in [6.07, 6.45) is 0.440. The van der Waals surface area contributed by atoms with E-state index in [2.05, 4.69) is 5.32 Å². The highest BCUT2D eigenvalue weighted by molar-refractivity contribution is 5.79. The monoisotopic (exact) mass is 352 g/mol. The van der Waals surface area contributed by atoms with Gasteiger partial charge in [-0.1, -0.05) is 0 Å². The molecule has 1 saturated heterocycles. The molecule has 1 aliphatic heterocycles. The molecule has 0 aromatic heterocycles. The predicted octanol–water partition coefficient (Wildman–Crippen LogP) is 1.72. The van der Waals surface area contributed by atoms with Crippen molar-refractivity contribution in [1.82, 2.24) is 10.2 Å². The van der Waals surface area contributed by atoms with Gasteiger partial charge >= 0.3 is 12.0 Å². The van der Waals surface area contributed by atoms with Crippen molar-refractivity contribution in [3.05, 3.63) is 17.7 Å². The minimum Gasteiger partial charge on any atom is -0.496 e. The summed E-state index contributed by atoms with van der Waals surface area (Å²) in [4.78, 5) is 25.1. The normalized spacial score (nSPS) is 19.4. The highest BCUT2D eigenvalue weighted by Gasteiger charge is 2.42. The van der Waals surface area contributed by atoms with E-state index in [0.29, 0.717) is 30.2 Å². The smallest absolute Gasteiger partial charge is 0.317 e. The molecule has 0 spiro atoms. The molecule has 1 fully saturated rings. The summed E-state index contributed by atoms with van der Waals surface area (Å²) in [6, 6.07) is 3.13. The average Bonchev–Trinajstić information content (AvgIpc) is 3.02. The Morgan fingerprint density at radius 3 is 2.28 bits per heavy atom. The summed E-state index contributed by atoms with van der Waals surface area (Å²) < 4.78 is 15.8. The van der Waals surface area contributed by atoms with Crippen LogP contribution in [0.2, 0.25) is 0 Å². The van der Waals surface area contributed by atoms with Crippen molar-refractivity contribution in [3.8, 4) is 17.2 Å². The molecule has 1 atom stereocenters. The zero-order valence-electron chi connectivity index (χ0n) is 14.9. The number of amides is 2. The van der Waals surface area contributed by atoms with Crippen molar-refractivity contribution in [2.45, 2.75) is 19.9 Å². The predicted molar refractivity (Wildman–Crippen MR) is 90.3 cm³/mol. The number of carbonyl (C=O) groups is 2. The van der Waals surface area contributed by atoms with Gasteiger partial charge in [0.25, 0.3) is 0 Å². The van der Waals surface area contributed by atoms with E-state index in [9.17, 15) is 14.7 Å². The lowest BCUT2D eigenvalue weighted by Crippen LogP contribution is -2.40. The lowest BCUT2D eigenvalue weighted by atomic mass is 9.90. The Balaban J connectivity index is 2.06. The Kier molecular flexibility index (Phi) is 5.61. The summed E-state index contributed by atoms with van der Waals surface area (Å²) in [5, 5.41) is 12.1. The Morgan fingerprint density at radius 1 is 1.16 bits per heavy atom. The molecule has 25 heavy (non-hydrogen) atoms. The molecule has 0 bridgehead atoms. The number of aliphatic carboxylic acids is 1. The number of nitrogens with one attached hydrogen (secondary N) is 1.